The largest absolute Gasteiger partial charge is 0.349 e. The lowest BCUT2D eigenvalue weighted by Gasteiger charge is -2.13. The second-order valence-corrected chi connectivity index (χ2v) is 5.94. The molecule has 0 fully saturated rings. The maximum Gasteiger partial charge on any atom is 0.106 e. The van der Waals surface area contributed by atoms with E-state index in [1.807, 2.05) is 12.4 Å². The van der Waals surface area contributed by atoms with Crippen molar-refractivity contribution in [2.24, 2.45) is 0 Å². The van der Waals surface area contributed by atoms with Gasteiger partial charge in [0.1, 0.15) is 5.82 Å². The van der Waals surface area contributed by atoms with E-state index >= 15 is 0 Å². The summed E-state index contributed by atoms with van der Waals surface area (Å²) >= 11 is 3.54. The molecule has 1 atom stereocenters. The first-order valence-corrected chi connectivity index (χ1v) is 7.62. The lowest BCUT2D eigenvalue weighted by molar-refractivity contribution is 0.518. The van der Waals surface area contributed by atoms with Gasteiger partial charge in [0.25, 0.3) is 0 Å². The number of H-pyrrole nitrogens is 1. The summed E-state index contributed by atoms with van der Waals surface area (Å²) in [6.07, 6.45) is 8.23. The van der Waals surface area contributed by atoms with Gasteiger partial charge in [-0.05, 0) is 49.1 Å². The first kappa shape index (κ1) is 12.9. The molecule has 0 amide bonds. The van der Waals surface area contributed by atoms with Gasteiger partial charge in [-0.2, -0.15) is 0 Å². The third-order valence-corrected chi connectivity index (χ3v) is 4.21. The highest BCUT2D eigenvalue weighted by Crippen LogP contribution is 2.32. The second-order valence-electron chi connectivity index (χ2n) is 5.03. The summed E-state index contributed by atoms with van der Waals surface area (Å²) in [6, 6.07) is 7.16. The average molecular weight is 320 g/mol. The smallest absolute Gasteiger partial charge is 0.106 e. The summed E-state index contributed by atoms with van der Waals surface area (Å²) in [5.74, 6) is 1.08. The predicted octanol–water partition coefficient (Wildman–Crippen LogP) is 3.38. The highest BCUT2D eigenvalue weighted by Gasteiger charge is 2.21. The van der Waals surface area contributed by atoms with Gasteiger partial charge in [0.15, 0.2) is 0 Å². The molecule has 0 saturated heterocycles. The number of aryl methyl sites for hydroxylation is 2. The second kappa shape index (κ2) is 5.88. The van der Waals surface area contributed by atoms with Crippen LogP contribution in [0.1, 0.15) is 35.8 Å². The van der Waals surface area contributed by atoms with Crippen molar-refractivity contribution < 1.29 is 0 Å². The van der Waals surface area contributed by atoms with E-state index in [4.69, 9.17) is 0 Å². The van der Waals surface area contributed by atoms with Crippen LogP contribution in [0.3, 0.4) is 0 Å². The van der Waals surface area contributed by atoms with Crippen molar-refractivity contribution in [3.8, 4) is 0 Å². The molecule has 3 nitrogen and oxygen atoms in total. The number of halogens is 1. The van der Waals surface area contributed by atoms with Crippen LogP contribution >= 0.6 is 15.9 Å². The SMILES string of the molecule is Brc1ccc2c(c1)CCC2NCCCc1ncc[nH]1. The van der Waals surface area contributed by atoms with Crippen LogP contribution in [0, 0.1) is 0 Å². The quantitative estimate of drug-likeness (QED) is 0.829. The molecular formula is C15H18BrN3. The number of hydrogen-bond acceptors (Lipinski definition) is 2. The van der Waals surface area contributed by atoms with Crippen LogP contribution in [0.2, 0.25) is 0 Å². The Hall–Kier alpha value is -1.13. The van der Waals surface area contributed by atoms with Crippen molar-refractivity contribution in [2.75, 3.05) is 6.54 Å². The van der Waals surface area contributed by atoms with Gasteiger partial charge in [-0.25, -0.2) is 4.98 Å². The Morgan fingerprint density at radius 3 is 3.21 bits per heavy atom. The normalized spacial score (nSPS) is 17.6. The Kier molecular flexibility index (Phi) is 3.99. The van der Waals surface area contributed by atoms with E-state index in [2.05, 4.69) is 49.4 Å². The lowest BCUT2D eigenvalue weighted by atomic mass is 10.1. The fourth-order valence-corrected chi connectivity index (χ4v) is 3.17. The molecule has 1 unspecified atom stereocenters. The van der Waals surface area contributed by atoms with Crippen LogP contribution in [-0.2, 0) is 12.8 Å². The van der Waals surface area contributed by atoms with Gasteiger partial charge in [-0.15, -0.1) is 0 Å². The van der Waals surface area contributed by atoms with Crippen LogP contribution in [0.15, 0.2) is 35.1 Å². The molecule has 2 aromatic rings. The van der Waals surface area contributed by atoms with E-state index in [0.717, 1.165) is 25.2 Å². The number of aromatic amines is 1. The summed E-state index contributed by atoms with van der Waals surface area (Å²) in [5, 5.41) is 3.66. The molecule has 4 heteroatoms. The van der Waals surface area contributed by atoms with Crippen molar-refractivity contribution in [1.29, 1.82) is 0 Å². The van der Waals surface area contributed by atoms with Crippen molar-refractivity contribution in [1.82, 2.24) is 15.3 Å². The maximum absolute atomic E-state index is 4.24. The Balaban J connectivity index is 1.50. The number of benzene rings is 1. The highest BCUT2D eigenvalue weighted by atomic mass is 79.9. The van der Waals surface area contributed by atoms with Gasteiger partial charge < -0.3 is 10.3 Å². The number of aromatic nitrogens is 2. The van der Waals surface area contributed by atoms with E-state index in [0.29, 0.717) is 6.04 Å². The Labute approximate surface area is 122 Å². The molecule has 0 spiro atoms. The van der Waals surface area contributed by atoms with Crippen LogP contribution in [0.25, 0.3) is 0 Å². The monoisotopic (exact) mass is 319 g/mol. The summed E-state index contributed by atoms with van der Waals surface area (Å²) in [4.78, 5) is 7.39. The van der Waals surface area contributed by atoms with Gasteiger partial charge in [0, 0.05) is 29.3 Å². The van der Waals surface area contributed by atoms with Crippen LogP contribution in [-0.4, -0.2) is 16.5 Å². The van der Waals surface area contributed by atoms with Gasteiger partial charge in [0.2, 0.25) is 0 Å². The first-order chi connectivity index (χ1) is 9.33. The summed E-state index contributed by atoms with van der Waals surface area (Å²) in [6.45, 7) is 1.04. The van der Waals surface area contributed by atoms with Gasteiger partial charge in [-0.3, -0.25) is 0 Å². The molecule has 1 heterocycles. The lowest BCUT2D eigenvalue weighted by Crippen LogP contribution is -2.20. The number of hydrogen-bond donors (Lipinski definition) is 2. The average Bonchev–Trinajstić information content (AvgIpc) is 3.03. The predicted molar refractivity (Wildman–Crippen MR) is 80.1 cm³/mol. The third kappa shape index (κ3) is 3.07. The van der Waals surface area contributed by atoms with Crippen molar-refractivity contribution in [3.63, 3.8) is 0 Å². The molecule has 19 heavy (non-hydrogen) atoms. The van der Waals surface area contributed by atoms with E-state index in [-0.39, 0.29) is 0 Å². The number of nitrogens with one attached hydrogen (secondary N) is 2. The highest BCUT2D eigenvalue weighted by molar-refractivity contribution is 9.10. The summed E-state index contributed by atoms with van der Waals surface area (Å²) in [7, 11) is 0. The molecule has 1 aromatic carbocycles. The van der Waals surface area contributed by atoms with Crippen LogP contribution in [0.4, 0.5) is 0 Å². The molecule has 0 aliphatic heterocycles. The summed E-state index contributed by atoms with van der Waals surface area (Å²) in [5.41, 5.74) is 2.96. The molecule has 3 rings (SSSR count). The zero-order valence-electron chi connectivity index (χ0n) is 10.8. The Bertz CT molecular complexity index is 536. The Morgan fingerprint density at radius 1 is 1.42 bits per heavy atom. The van der Waals surface area contributed by atoms with Gasteiger partial charge in [0.05, 0.1) is 0 Å². The maximum atomic E-state index is 4.24. The standard InChI is InChI=1S/C15H18BrN3/c16-12-4-5-13-11(10-12)3-6-14(13)17-7-1-2-15-18-8-9-19-15/h4-5,8-10,14,17H,1-3,6-7H2,(H,18,19). The topological polar surface area (TPSA) is 40.7 Å². The Morgan fingerprint density at radius 2 is 2.37 bits per heavy atom. The number of rotatable bonds is 5. The molecule has 0 bridgehead atoms. The molecular weight excluding hydrogens is 302 g/mol. The number of nitrogens with zero attached hydrogens (tertiary/aromatic N) is 1. The fraction of sp³-hybridized carbons (Fsp3) is 0.400. The van der Waals surface area contributed by atoms with Crippen molar-refractivity contribution in [3.05, 3.63) is 52.0 Å². The minimum atomic E-state index is 0.528. The molecule has 100 valence electrons. The number of fused-ring (bicyclic) bond motifs is 1. The molecule has 2 N–H and O–H groups in total. The minimum absolute atomic E-state index is 0.528. The van der Waals surface area contributed by atoms with E-state index in [9.17, 15) is 0 Å². The zero-order valence-corrected chi connectivity index (χ0v) is 12.4. The first-order valence-electron chi connectivity index (χ1n) is 6.83. The third-order valence-electron chi connectivity index (χ3n) is 3.72. The van der Waals surface area contributed by atoms with Crippen LogP contribution in [0.5, 0.6) is 0 Å². The van der Waals surface area contributed by atoms with E-state index < -0.39 is 0 Å². The molecule has 1 aliphatic rings. The molecule has 0 radical (unpaired) electrons. The van der Waals surface area contributed by atoms with E-state index in [1.165, 1.54) is 28.4 Å². The molecule has 1 aromatic heterocycles. The molecule has 1 aliphatic carbocycles. The molecule has 0 saturated carbocycles. The number of imidazole rings is 1. The van der Waals surface area contributed by atoms with Crippen molar-refractivity contribution in [2.45, 2.75) is 31.7 Å². The van der Waals surface area contributed by atoms with Gasteiger partial charge in [-0.1, -0.05) is 22.0 Å². The fourth-order valence-electron chi connectivity index (χ4n) is 2.76. The van der Waals surface area contributed by atoms with Crippen molar-refractivity contribution >= 4 is 15.9 Å². The minimum Gasteiger partial charge on any atom is -0.349 e. The van der Waals surface area contributed by atoms with Crippen LogP contribution < -0.4 is 5.32 Å². The van der Waals surface area contributed by atoms with E-state index in [1.54, 1.807) is 0 Å². The summed E-state index contributed by atoms with van der Waals surface area (Å²) < 4.78 is 1.18. The zero-order chi connectivity index (χ0) is 13.1. The van der Waals surface area contributed by atoms with Gasteiger partial charge >= 0.3 is 0 Å².